The first kappa shape index (κ1) is 31.3. The average Bonchev–Trinajstić information content (AvgIpc) is 2.94. The van der Waals surface area contributed by atoms with Crippen molar-refractivity contribution in [2.75, 3.05) is 32.8 Å². The van der Waals surface area contributed by atoms with E-state index in [9.17, 15) is 28.2 Å². The zero-order valence-corrected chi connectivity index (χ0v) is 24.2. The number of benzene rings is 2. The number of aliphatic hydroxyl groups excluding tert-OH is 1. The molecule has 2 aromatic carbocycles. The van der Waals surface area contributed by atoms with Gasteiger partial charge in [-0.05, 0) is 87.4 Å². The van der Waals surface area contributed by atoms with Crippen LogP contribution in [0.4, 0.5) is 0 Å². The van der Waals surface area contributed by atoms with Gasteiger partial charge in [0.05, 0.1) is 17.4 Å². The molecule has 0 aliphatic carbocycles. The summed E-state index contributed by atoms with van der Waals surface area (Å²) in [4.78, 5) is 27.0. The molecule has 0 unspecified atom stereocenters. The fraction of sp³-hybridized carbons (Fsp3) is 0.500. The number of amides is 2. The quantitative estimate of drug-likeness (QED) is 0.234. The van der Waals surface area contributed by atoms with Crippen LogP contribution in [-0.2, 0) is 26.0 Å². The lowest BCUT2D eigenvalue weighted by molar-refractivity contribution is -0.151. The van der Waals surface area contributed by atoms with Gasteiger partial charge in [0.15, 0.2) is 0 Å². The summed E-state index contributed by atoms with van der Waals surface area (Å²) in [6, 6.07) is 8.96. The van der Waals surface area contributed by atoms with Gasteiger partial charge in [-0.15, -0.1) is 0 Å². The van der Waals surface area contributed by atoms with Crippen molar-refractivity contribution >= 4 is 21.8 Å². The van der Waals surface area contributed by atoms with Gasteiger partial charge in [-0.2, -0.15) is 4.31 Å². The zero-order valence-electron chi connectivity index (χ0n) is 23.4. The van der Waals surface area contributed by atoms with Crippen LogP contribution in [0.15, 0.2) is 35.2 Å². The maximum Gasteiger partial charge on any atom is 0.272 e. The van der Waals surface area contributed by atoms with Crippen molar-refractivity contribution in [3.8, 4) is 11.5 Å². The highest BCUT2D eigenvalue weighted by Crippen LogP contribution is 2.32. The van der Waals surface area contributed by atoms with E-state index in [0.29, 0.717) is 36.1 Å². The minimum atomic E-state index is -3.89. The number of piperazine rings is 1. The van der Waals surface area contributed by atoms with Gasteiger partial charge in [0, 0.05) is 26.2 Å². The van der Waals surface area contributed by atoms with Crippen molar-refractivity contribution in [1.82, 2.24) is 14.7 Å². The minimum absolute atomic E-state index is 0.0309. The van der Waals surface area contributed by atoms with Crippen molar-refractivity contribution in [2.45, 2.75) is 58.0 Å². The van der Waals surface area contributed by atoms with Crippen LogP contribution in [0, 0.1) is 26.7 Å². The van der Waals surface area contributed by atoms with E-state index in [1.165, 1.54) is 20.8 Å². The number of rotatable bonds is 11. The zero-order chi connectivity index (χ0) is 29.6. The molecule has 3 rings (SSSR count). The third-order valence-corrected chi connectivity index (χ3v) is 9.63. The fourth-order valence-corrected chi connectivity index (χ4v) is 6.96. The van der Waals surface area contributed by atoms with Gasteiger partial charge in [-0.3, -0.25) is 14.8 Å². The van der Waals surface area contributed by atoms with Crippen LogP contribution >= 0.6 is 0 Å². The number of aliphatic hydroxyl groups is 1. The Bertz CT molecular complexity index is 1310. The van der Waals surface area contributed by atoms with Gasteiger partial charge in [-0.1, -0.05) is 12.1 Å². The van der Waals surface area contributed by atoms with Gasteiger partial charge in [0.2, 0.25) is 15.9 Å². The Balaban J connectivity index is 1.69. The lowest BCUT2D eigenvalue weighted by Crippen LogP contribution is -2.54. The molecule has 4 N–H and O–H groups in total. The summed E-state index contributed by atoms with van der Waals surface area (Å²) in [6.45, 7) is 7.63. The number of hydrogen-bond acceptors (Lipinski definition) is 8. The maximum atomic E-state index is 13.5. The predicted octanol–water partition coefficient (Wildman–Crippen LogP) is 2.05. The number of carbonyl (C=O) groups is 2. The molecular weight excluding hydrogens is 538 g/mol. The summed E-state index contributed by atoms with van der Waals surface area (Å²) in [5.74, 6) is -1.88. The standard InChI is InChI=1S/C28H39N3O8S/c1-5-39-22-11-9-21(10-12-22)7-6-8-23(25(33)27(34)29-36)28(35)30-13-15-31(16-14-30)40(37,38)26-18(2)17-24(32)19(3)20(26)4/h9-12,17,23,25,32-33,36H,5-8,13-16H2,1-4H3,(H,29,34)/t23-,25+/m1/s1. The number of phenols is 1. The van der Waals surface area contributed by atoms with E-state index in [1.807, 2.05) is 31.2 Å². The third-order valence-electron chi connectivity index (χ3n) is 7.44. The Hall–Kier alpha value is -3.19. The molecule has 11 nitrogen and oxygen atoms in total. The minimum Gasteiger partial charge on any atom is -0.508 e. The van der Waals surface area contributed by atoms with E-state index in [4.69, 9.17) is 9.94 Å². The van der Waals surface area contributed by atoms with E-state index in [-0.39, 0.29) is 43.2 Å². The van der Waals surface area contributed by atoms with Gasteiger partial charge >= 0.3 is 0 Å². The topological polar surface area (TPSA) is 157 Å². The SMILES string of the molecule is CCOc1ccc(CCC[C@@H](C(=O)N2CCN(S(=O)(=O)c3c(C)cc(O)c(C)c3C)CC2)[C@H](O)C(=O)NO)cc1. The summed E-state index contributed by atoms with van der Waals surface area (Å²) in [6.07, 6.45) is -0.484. The van der Waals surface area contributed by atoms with Crippen LogP contribution in [0.2, 0.25) is 0 Å². The number of carbonyl (C=O) groups excluding carboxylic acids is 2. The molecule has 1 heterocycles. The summed E-state index contributed by atoms with van der Waals surface area (Å²) in [5.41, 5.74) is 3.82. The van der Waals surface area contributed by atoms with Gasteiger partial charge in [-0.25, -0.2) is 13.9 Å². The number of ether oxygens (including phenoxy) is 1. The molecule has 2 atom stereocenters. The Labute approximate surface area is 235 Å². The van der Waals surface area contributed by atoms with Crippen LogP contribution < -0.4 is 10.2 Å². The highest BCUT2D eigenvalue weighted by molar-refractivity contribution is 7.89. The molecule has 2 aromatic rings. The molecule has 12 heteroatoms. The van der Waals surface area contributed by atoms with E-state index < -0.39 is 33.9 Å². The highest BCUT2D eigenvalue weighted by Gasteiger charge is 2.38. The van der Waals surface area contributed by atoms with Crippen molar-refractivity contribution in [2.24, 2.45) is 5.92 Å². The molecule has 1 aliphatic heterocycles. The summed E-state index contributed by atoms with van der Waals surface area (Å²) in [5, 5.41) is 29.7. The number of hydroxylamine groups is 1. The van der Waals surface area contributed by atoms with Crippen LogP contribution in [-0.4, -0.2) is 83.7 Å². The first-order chi connectivity index (χ1) is 18.9. The van der Waals surface area contributed by atoms with Crippen LogP contribution in [0.1, 0.15) is 42.0 Å². The van der Waals surface area contributed by atoms with E-state index in [0.717, 1.165) is 11.3 Å². The molecule has 40 heavy (non-hydrogen) atoms. The molecule has 0 bridgehead atoms. The third kappa shape index (κ3) is 6.92. The summed E-state index contributed by atoms with van der Waals surface area (Å²) in [7, 11) is -3.89. The summed E-state index contributed by atoms with van der Waals surface area (Å²) < 4.78 is 33.7. The molecule has 1 fully saturated rings. The highest BCUT2D eigenvalue weighted by atomic mass is 32.2. The van der Waals surface area contributed by atoms with Crippen LogP contribution in [0.5, 0.6) is 11.5 Å². The predicted molar refractivity (Wildman–Crippen MR) is 148 cm³/mol. The second-order valence-corrected chi connectivity index (χ2v) is 11.9. The second-order valence-electron chi connectivity index (χ2n) is 10.0. The molecule has 220 valence electrons. The smallest absolute Gasteiger partial charge is 0.272 e. The van der Waals surface area contributed by atoms with Gasteiger partial charge in [0.1, 0.15) is 17.6 Å². The van der Waals surface area contributed by atoms with Crippen molar-refractivity contribution < 1.29 is 38.2 Å². The van der Waals surface area contributed by atoms with E-state index >= 15 is 0 Å². The lowest BCUT2D eigenvalue weighted by Gasteiger charge is -2.37. The Morgan fingerprint density at radius 1 is 1.05 bits per heavy atom. The molecule has 0 radical (unpaired) electrons. The Morgan fingerprint density at radius 2 is 1.68 bits per heavy atom. The number of sulfonamides is 1. The molecule has 0 saturated carbocycles. The molecule has 1 aliphatic rings. The number of aromatic hydroxyl groups is 1. The second kappa shape index (κ2) is 13.4. The monoisotopic (exact) mass is 577 g/mol. The molecule has 0 aromatic heterocycles. The number of nitrogens with one attached hydrogen (secondary N) is 1. The first-order valence-corrected chi connectivity index (χ1v) is 14.8. The first-order valence-electron chi connectivity index (χ1n) is 13.3. The molecular formula is C28H39N3O8S. The largest absolute Gasteiger partial charge is 0.508 e. The van der Waals surface area contributed by atoms with Crippen molar-refractivity contribution in [1.29, 1.82) is 0 Å². The number of hydrogen-bond donors (Lipinski definition) is 4. The van der Waals surface area contributed by atoms with Crippen LogP contribution in [0.3, 0.4) is 0 Å². The number of aryl methyl sites for hydroxylation is 2. The lowest BCUT2D eigenvalue weighted by atomic mass is 9.92. The average molecular weight is 578 g/mol. The van der Waals surface area contributed by atoms with Crippen molar-refractivity contribution in [3.63, 3.8) is 0 Å². The van der Waals surface area contributed by atoms with Gasteiger partial charge < -0.3 is 19.8 Å². The molecule has 2 amide bonds. The molecule has 1 saturated heterocycles. The number of nitrogens with zero attached hydrogens (tertiary/aromatic N) is 2. The fourth-order valence-electron chi connectivity index (χ4n) is 5.06. The van der Waals surface area contributed by atoms with E-state index in [1.54, 1.807) is 20.8 Å². The molecule has 0 spiro atoms. The summed E-state index contributed by atoms with van der Waals surface area (Å²) >= 11 is 0. The Kier molecular flexibility index (Phi) is 10.5. The Morgan fingerprint density at radius 3 is 2.25 bits per heavy atom. The van der Waals surface area contributed by atoms with Crippen molar-refractivity contribution in [3.05, 3.63) is 52.6 Å². The normalized spacial score (nSPS) is 15.9. The van der Waals surface area contributed by atoms with Gasteiger partial charge in [0.25, 0.3) is 5.91 Å². The van der Waals surface area contributed by atoms with E-state index in [2.05, 4.69) is 0 Å². The maximum absolute atomic E-state index is 13.5. The number of phenolic OH excluding ortho intramolecular Hbond substituents is 1. The van der Waals surface area contributed by atoms with Crippen LogP contribution in [0.25, 0.3) is 0 Å².